The van der Waals surface area contributed by atoms with Gasteiger partial charge in [0.2, 0.25) is 5.78 Å². The first-order valence-electron chi connectivity index (χ1n) is 6.22. The molecule has 0 saturated carbocycles. The lowest BCUT2D eigenvalue weighted by atomic mass is 10.2. The van der Waals surface area contributed by atoms with Crippen LogP contribution in [0.15, 0.2) is 18.2 Å². The Morgan fingerprint density at radius 2 is 1.89 bits per heavy atom. The summed E-state index contributed by atoms with van der Waals surface area (Å²) in [5, 5.41) is 0. The fraction of sp³-hybridized carbons (Fsp3) is 0.429. The Kier molecular flexibility index (Phi) is 4.04. The zero-order chi connectivity index (χ0) is 13.8. The Labute approximate surface area is 112 Å². The van der Waals surface area contributed by atoms with Gasteiger partial charge in [-0.3, -0.25) is 9.59 Å². The predicted octanol–water partition coefficient (Wildman–Crippen LogP) is 1.40. The molecule has 0 bridgehead atoms. The first-order chi connectivity index (χ1) is 9.08. The predicted molar refractivity (Wildman–Crippen MR) is 69.2 cm³/mol. The molecule has 0 saturated heterocycles. The van der Waals surface area contributed by atoms with E-state index >= 15 is 0 Å². The molecule has 0 radical (unpaired) electrons. The highest BCUT2D eigenvalue weighted by molar-refractivity contribution is 6.34. The average molecular weight is 263 g/mol. The number of nitrogens with zero attached hydrogens (tertiary/aromatic N) is 1. The third-order valence-electron chi connectivity index (χ3n) is 2.88. The monoisotopic (exact) mass is 263 g/mol. The lowest BCUT2D eigenvalue weighted by Gasteiger charge is -2.16. The summed E-state index contributed by atoms with van der Waals surface area (Å²) in [6.07, 6.45) is 0.854. The van der Waals surface area contributed by atoms with Gasteiger partial charge in [0.1, 0.15) is 0 Å². The van der Waals surface area contributed by atoms with Crippen LogP contribution in [0.3, 0.4) is 0 Å². The Balaban J connectivity index is 2.11. The van der Waals surface area contributed by atoms with Gasteiger partial charge in [0, 0.05) is 26.9 Å². The number of hydrogen-bond donors (Lipinski definition) is 0. The number of hydrogen-bond acceptors (Lipinski definition) is 4. The van der Waals surface area contributed by atoms with E-state index in [9.17, 15) is 9.59 Å². The van der Waals surface area contributed by atoms with Crippen molar-refractivity contribution in [1.29, 1.82) is 0 Å². The maximum absolute atomic E-state index is 11.5. The molecule has 5 heteroatoms. The summed E-state index contributed by atoms with van der Waals surface area (Å²) in [4.78, 5) is 23.9. The van der Waals surface area contributed by atoms with Crippen molar-refractivity contribution in [3.8, 4) is 11.5 Å². The van der Waals surface area contributed by atoms with Crippen LogP contribution in [0, 0.1) is 0 Å². The second kappa shape index (κ2) is 5.73. The standard InChI is InChI=1S/C14H17NO4/c1-10(16)14(17)15(2)9-11-4-5-12-13(8-11)19-7-3-6-18-12/h4-5,8H,3,6-7,9H2,1-2H3. The zero-order valence-electron chi connectivity index (χ0n) is 11.1. The molecule has 1 heterocycles. The van der Waals surface area contributed by atoms with Crippen molar-refractivity contribution in [3.05, 3.63) is 23.8 Å². The first kappa shape index (κ1) is 13.4. The molecule has 1 aromatic carbocycles. The van der Waals surface area contributed by atoms with Gasteiger partial charge in [-0.15, -0.1) is 0 Å². The molecule has 1 aliphatic rings. The molecule has 102 valence electrons. The lowest BCUT2D eigenvalue weighted by molar-refractivity contribution is -0.143. The summed E-state index contributed by atoms with van der Waals surface area (Å²) >= 11 is 0. The molecule has 0 aliphatic carbocycles. The van der Waals surface area contributed by atoms with Gasteiger partial charge in [-0.05, 0) is 17.7 Å². The Morgan fingerprint density at radius 3 is 2.58 bits per heavy atom. The molecule has 1 aliphatic heterocycles. The molecule has 2 rings (SSSR count). The van der Waals surface area contributed by atoms with Gasteiger partial charge in [-0.2, -0.15) is 0 Å². The van der Waals surface area contributed by atoms with Crippen molar-refractivity contribution in [2.24, 2.45) is 0 Å². The second-order valence-corrected chi connectivity index (χ2v) is 4.55. The summed E-state index contributed by atoms with van der Waals surface area (Å²) in [6, 6.07) is 5.56. The van der Waals surface area contributed by atoms with Crippen molar-refractivity contribution in [1.82, 2.24) is 4.90 Å². The van der Waals surface area contributed by atoms with Gasteiger partial charge in [0.25, 0.3) is 5.91 Å². The number of Topliss-reactive ketones (excluding diaryl/α,β-unsaturated/α-hetero) is 1. The molecular formula is C14H17NO4. The van der Waals surface area contributed by atoms with Gasteiger partial charge < -0.3 is 14.4 Å². The largest absolute Gasteiger partial charge is 0.490 e. The third kappa shape index (κ3) is 3.24. The quantitative estimate of drug-likeness (QED) is 0.773. The Hall–Kier alpha value is -2.04. The molecule has 0 aromatic heterocycles. The third-order valence-corrected chi connectivity index (χ3v) is 2.88. The Bertz CT molecular complexity index is 498. The minimum Gasteiger partial charge on any atom is -0.490 e. The van der Waals surface area contributed by atoms with Crippen LogP contribution in [0.2, 0.25) is 0 Å². The minimum atomic E-state index is -0.493. The molecule has 5 nitrogen and oxygen atoms in total. The van der Waals surface area contributed by atoms with Gasteiger partial charge in [0.05, 0.1) is 13.2 Å². The van der Waals surface area contributed by atoms with E-state index in [1.165, 1.54) is 11.8 Å². The highest BCUT2D eigenvalue weighted by atomic mass is 16.5. The number of ketones is 1. The number of amides is 1. The van der Waals surface area contributed by atoms with Crippen molar-refractivity contribution >= 4 is 11.7 Å². The summed E-state index contributed by atoms with van der Waals surface area (Å²) in [6.45, 7) is 2.91. The molecular weight excluding hydrogens is 246 g/mol. The van der Waals surface area contributed by atoms with Crippen LogP contribution < -0.4 is 9.47 Å². The zero-order valence-corrected chi connectivity index (χ0v) is 11.1. The number of carbonyl (C=O) groups is 2. The number of carbonyl (C=O) groups excluding carboxylic acids is 2. The second-order valence-electron chi connectivity index (χ2n) is 4.55. The number of ether oxygens (including phenoxy) is 2. The minimum absolute atomic E-state index is 0.370. The van der Waals surface area contributed by atoms with Crippen LogP contribution >= 0.6 is 0 Å². The SMILES string of the molecule is CC(=O)C(=O)N(C)Cc1ccc2c(c1)OCCCO2. The molecule has 0 atom stereocenters. The molecule has 0 unspecified atom stereocenters. The maximum atomic E-state index is 11.5. The molecule has 1 amide bonds. The fourth-order valence-corrected chi connectivity index (χ4v) is 1.92. The van der Waals surface area contributed by atoms with E-state index in [0.29, 0.717) is 25.5 Å². The number of likely N-dealkylation sites (N-methyl/N-ethyl adjacent to an activating group) is 1. The van der Waals surface area contributed by atoms with E-state index in [4.69, 9.17) is 9.47 Å². The summed E-state index contributed by atoms with van der Waals surface area (Å²) < 4.78 is 11.1. The molecule has 0 fully saturated rings. The first-order valence-corrected chi connectivity index (χ1v) is 6.22. The van der Waals surface area contributed by atoms with E-state index in [2.05, 4.69) is 0 Å². The summed E-state index contributed by atoms with van der Waals surface area (Å²) in [5.41, 5.74) is 0.904. The van der Waals surface area contributed by atoms with Crippen LogP contribution in [0.25, 0.3) is 0 Å². The smallest absolute Gasteiger partial charge is 0.289 e. The van der Waals surface area contributed by atoms with E-state index < -0.39 is 11.7 Å². The van der Waals surface area contributed by atoms with Gasteiger partial charge in [-0.1, -0.05) is 6.07 Å². The number of fused-ring (bicyclic) bond motifs is 1. The topological polar surface area (TPSA) is 55.8 Å². The van der Waals surface area contributed by atoms with Crippen molar-refractivity contribution in [2.75, 3.05) is 20.3 Å². The van der Waals surface area contributed by atoms with Crippen molar-refractivity contribution < 1.29 is 19.1 Å². The molecule has 1 aromatic rings. The van der Waals surface area contributed by atoms with E-state index in [0.717, 1.165) is 17.7 Å². The molecule has 0 N–H and O–H groups in total. The normalized spacial score (nSPS) is 13.6. The van der Waals surface area contributed by atoms with Crippen molar-refractivity contribution in [2.45, 2.75) is 19.9 Å². The van der Waals surface area contributed by atoms with E-state index in [1.807, 2.05) is 18.2 Å². The van der Waals surface area contributed by atoms with Crippen molar-refractivity contribution in [3.63, 3.8) is 0 Å². The summed E-state index contributed by atoms with van der Waals surface area (Å²) in [5.74, 6) is 0.462. The maximum Gasteiger partial charge on any atom is 0.289 e. The Morgan fingerprint density at radius 1 is 1.21 bits per heavy atom. The fourth-order valence-electron chi connectivity index (χ4n) is 1.92. The lowest BCUT2D eigenvalue weighted by Crippen LogP contribution is -2.31. The number of rotatable bonds is 3. The van der Waals surface area contributed by atoms with Crippen LogP contribution in [-0.4, -0.2) is 36.9 Å². The number of benzene rings is 1. The van der Waals surface area contributed by atoms with E-state index in [-0.39, 0.29) is 0 Å². The van der Waals surface area contributed by atoms with E-state index in [1.54, 1.807) is 7.05 Å². The average Bonchev–Trinajstić information content (AvgIpc) is 2.62. The van der Waals surface area contributed by atoms with Crippen LogP contribution in [0.5, 0.6) is 11.5 Å². The van der Waals surface area contributed by atoms with Crippen LogP contribution in [0.1, 0.15) is 18.9 Å². The van der Waals surface area contributed by atoms with Gasteiger partial charge in [0.15, 0.2) is 11.5 Å². The molecule has 19 heavy (non-hydrogen) atoms. The molecule has 0 spiro atoms. The highest BCUT2D eigenvalue weighted by Crippen LogP contribution is 2.30. The van der Waals surface area contributed by atoms with Crippen LogP contribution in [-0.2, 0) is 16.1 Å². The van der Waals surface area contributed by atoms with Gasteiger partial charge >= 0.3 is 0 Å². The summed E-state index contributed by atoms with van der Waals surface area (Å²) in [7, 11) is 1.60. The highest BCUT2D eigenvalue weighted by Gasteiger charge is 2.16. The van der Waals surface area contributed by atoms with Crippen LogP contribution in [0.4, 0.5) is 0 Å². The van der Waals surface area contributed by atoms with Gasteiger partial charge in [-0.25, -0.2) is 0 Å².